The molecule has 0 spiro atoms. The number of hydrogen-bond donors (Lipinski definition) is 2. The molecule has 0 fully saturated rings. The lowest BCUT2D eigenvalue weighted by atomic mass is 10.2. The van der Waals surface area contributed by atoms with Gasteiger partial charge in [-0.2, -0.15) is 41.3 Å². The summed E-state index contributed by atoms with van der Waals surface area (Å²) in [6.45, 7) is -1.61. The van der Waals surface area contributed by atoms with Gasteiger partial charge in [-0.05, 0) is 35.9 Å². The number of nitrogens with one attached hydrogen (secondary N) is 2. The Kier molecular flexibility index (Phi) is 6.65. The van der Waals surface area contributed by atoms with E-state index in [0.717, 1.165) is 18.2 Å². The van der Waals surface area contributed by atoms with Crippen LogP contribution >= 0.6 is 0 Å². The van der Waals surface area contributed by atoms with Crippen LogP contribution in [0.3, 0.4) is 0 Å². The molecule has 0 unspecified atom stereocenters. The van der Waals surface area contributed by atoms with Crippen molar-refractivity contribution in [2.45, 2.75) is 18.9 Å². The molecule has 0 atom stereocenters. The number of halogens is 7. The molecule has 3 aromatic rings. The van der Waals surface area contributed by atoms with Crippen LogP contribution in [-0.2, 0) is 12.7 Å². The number of benzene rings is 2. The number of ether oxygens (including phenoxy) is 1. The predicted molar refractivity (Wildman–Crippen MR) is 99.8 cm³/mol. The van der Waals surface area contributed by atoms with Crippen LogP contribution in [0.25, 0.3) is 0 Å². The summed E-state index contributed by atoms with van der Waals surface area (Å²) in [5, 5.41) is 5.20. The smallest absolute Gasteiger partial charge is 0.422 e. The van der Waals surface area contributed by atoms with Gasteiger partial charge in [0.2, 0.25) is 11.9 Å². The van der Waals surface area contributed by atoms with E-state index in [1.165, 1.54) is 30.3 Å². The normalized spacial score (nSPS) is 11.8. The first-order valence-corrected chi connectivity index (χ1v) is 8.86. The van der Waals surface area contributed by atoms with Crippen molar-refractivity contribution >= 4 is 17.6 Å². The van der Waals surface area contributed by atoms with Gasteiger partial charge in [0, 0.05) is 12.2 Å². The maximum Gasteiger partial charge on any atom is 0.422 e. The summed E-state index contributed by atoms with van der Waals surface area (Å²) in [7, 11) is 0. The summed E-state index contributed by atoms with van der Waals surface area (Å²) in [4.78, 5) is 11.3. The van der Waals surface area contributed by atoms with Gasteiger partial charge in [-0.15, -0.1) is 0 Å². The Bertz CT molecular complexity index is 1060. The molecule has 6 nitrogen and oxygen atoms in total. The first-order chi connectivity index (χ1) is 15.0. The molecule has 0 saturated heterocycles. The van der Waals surface area contributed by atoms with Crippen LogP contribution in [0.5, 0.6) is 6.01 Å². The van der Waals surface area contributed by atoms with Crippen LogP contribution in [0.4, 0.5) is 48.3 Å². The van der Waals surface area contributed by atoms with Crippen LogP contribution in [0.1, 0.15) is 11.1 Å². The Morgan fingerprint density at radius 2 is 1.53 bits per heavy atom. The quantitative estimate of drug-likeness (QED) is 0.464. The van der Waals surface area contributed by atoms with Crippen LogP contribution in [-0.4, -0.2) is 27.7 Å². The maximum atomic E-state index is 13.0. The van der Waals surface area contributed by atoms with Gasteiger partial charge in [0.15, 0.2) is 6.61 Å². The van der Waals surface area contributed by atoms with E-state index in [1.807, 2.05) is 0 Å². The highest BCUT2D eigenvalue weighted by atomic mass is 19.4. The Morgan fingerprint density at radius 1 is 0.844 bits per heavy atom. The summed E-state index contributed by atoms with van der Waals surface area (Å²) in [6.07, 6.45) is -9.26. The molecule has 0 amide bonds. The fourth-order valence-electron chi connectivity index (χ4n) is 2.39. The lowest BCUT2D eigenvalue weighted by Gasteiger charge is -2.13. The highest BCUT2D eigenvalue weighted by Gasteiger charge is 2.31. The molecule has 0 radical (unpaired) electrons. The average Bonchev–Trinajstić information content (AvgIpc) is 2.71. The molecule has 0 bridgehead atoms. The zero-order chi connectivity index (χ0) is 23.4. The first kappa shape index (κ1) is 23.0. The Labute approximate surface area is 176 Å². The second-order valence-corrected chi connectivity index (χ2v) is 6.35. The molecule has 2 N–H and O–H groups in total. The summed E-state index contributed by atoms with van der Waals surface area (Å²) < 4.78 is 93.7. The topological polar surface area (TPSA) is 72.0 Å². The number of hydrogen-bond acceptors (Lipinski definition) is 6. The fourth-order valence-corrected chi connectivity index (χ4v) is 2.39. The third-order valence-corrected chi connectivity index (χ3v) is 3.79. The largest absolute Gasteiger partial charge is 0.454 e. The third kappa shape index (κ3) is 6.96. The highest BCUT2D eigenvalue weighted by Crippen LogP contribution is 2.31. The van der Waals surface area contributed by atoms with Gasteiger partial charge in [-0.1, -0.05) is 18.2 Å². The van der Waals surface area contributed by atoms with Crippen LogP contribution < -0.4 is 15.4 Å². The highest BCUT2D eigenvalue weighted by molar-refractivity contribution is 5.56. The van der Waals surface area contributed by atoms with Crippen LogP contribution in [0.15, 0.2) is 48.5 Å². The Balaban J connectivity index is 1.83. The minimum absolute atomic E-state index is 0.0581. The van der Waals surface area contributed by atoms with Gasteiger partial charge in [-0.3, -0.25) is 0 Å². The monoisotopic (exact) mass is 461 g/mol. The minimum Gasteiger partial charge on any atom is -0.454 e. The molecule has 1 aromatic heterocycles. The molecule has 0 aliphatic rings. The molecule has 170 valence electrons. The summed E-state index contributed by atoms with van der Waals surface area (Å²) >= 11 is 0. The predicted octanol–water partition coefficient (Wildman–Crippen LogP) is 5.33. The van der Waals surface area contributed by atoms with E-state index in [9.17, 15) is 30.7 Å². The number of nitrogens with zero attached hydrogens (tertiary/aromatic N) is 3. The van der Waals surface area contributed by atoms with Crippen molar-refractivity contribution in [3.8, 4) is 6.01 Å². The molecule has 1 heterocycles. The van der Waals surface area contributed by atoms with Crippen molar-refractivity contribution < 1.29 is 35.5 Å². The van der Waals surface area contributed by atoms with E-state index in [2.05, 4.69) is 30.3 Å². The molecule has 0 aliphatic carbocycles. The Hall–Kier alpha value is -3.64. The van der Waals surface area contributed by atoms with E-state index < -0.39 is 36.4 Å². The Morgan fingerprint density at radius 3 is 2.19 bits per heavy atom. The molecule has 2 aromatic carbocycles. The van der Waals surface area contributed by atoms with E-state index in [0.29, 0.717) is 5.56 Å². The second kappa shape index (κ2) is 9.24. The van der Waals surface area contributed by atoms with E-state index in [-0.39, 0.29) is 24.1 Å². The van der Waals surface area contributed by atoms with E-state index in [1.54, 1.807) is 0 Å². The molecular weight excluding hydrogens is 447 g/mol. The molecule has 0 aliphatic heterocycles. The van der Waals surface area contributed by atoms with Crippen molar-refractivity contribution in [2.75, 3.05) is 17.2 Å². The number of rotatable bonds is 7. The summed E-state index contributed by atoms with van der Waals surface area (Å²) in [5.74, 6) is -1.02. The van der Waals surface area contributed by atoms with Gasteiger partial charge in [0.1, 0.15) is 5.82 Å². The van der Waals surface area contributed by atoms with Gasteiger partial charge < -0.3 is 15.4 Å². The zero-order valence-electron chi connectivity index (χ0n) is 15.9. The standard InChI is InChI=1S/C19H14F7N5O/c20-13-6-4-11(5-7-13)9-27-15-29-16(31-17(30-15)32-10-18(21,22)23)28-14-3-1-2-12(8-14)19(24,25)26/h1-8H,9-10H2,(H2,27,28,29,30,31). The summed E-state index contributed by atoms with van der Waals surface area (Å²) in [5.41, 5.74) is -0.394. The van der Waals surface area contributed by atoms with Crippen molar-refractivity contribution in [2.24, 2.45) is 0 Å². The number of alkyl halides is 6. The summed E-state index contributed by atoms with van der Waals surface area (Å²) in [6, 6.07) is 8.72. The minimum atomic E-state index is -4.66. The molecule has 13 heteroatoms. The SMILES string of the molecule is Fc1ccc(CNc2nc(Nc3cccc(C(F)(F)F)c3)nc(OCC(F)(F)F)n2)cc1. The van der Waals surface area contributed by atoms with E-state index >= 15 is 0 Å². The van der Waals surface area contributed by atoms with Crippen molar-refractivity contribution in [1.82, 2.24) is 15.0 Å². The van der Waals surface area contributed by atoms with Crippen molar-refractivity contribution in [3.63, 3.8) is 0 Å². The van der Waals surface area contributed by atoms with Gasteiger partial charge in [0.25, 0.3) is 0 Å². The maximum absolute atomic E-state index is 13.0. The van der Waals surface area contributed by atoms with Crippen LogP contribution in [0, 0.1) is 5.82 Å². The number of aromatic nitrogens is 3. The van der Waals surface area contributed by atoms with Crippen molar-refractivity contribution in [1.29, 1.82) is 0 Å². The second-order valence-electron chi connectivity index (χ2n) is 6.35. The molecule has 32 heavy (non-hydrogen) atoms. The lowest BCUT2D eigenvalue weighted by Crippen LogP contribution is -2.21. The fraction of sp³-hybridized carbons (Fsp3) is 0.211. The van der Waals surface area contributed by atoms with Gasteiger partial charge in [-0.25, -0.2) is 4.39 Å². The molecular formula is C19H14F7N5O. The molecule has 0 saturated carbocycles. The van der Waals surface area contributed by atoms with Crippen molar-refractivity contribution in [3.05, 3.63) is 65.5 Å². The van der Waals surface area contributed by atoms with E-state index in [4.69, 9.17) is 0 Å². The van der Waals surface area contributed by atoms with Gasteiger partial charge in [0.05, 0.1) is 5.56 Å². The van der Waals surface area contributed by atoms with Gasteiger partial charge >= 0.3 is 18.4 Å². The average molecular weight is 461 g/mol. The first-order valence-electron chi connectivity index (χ1n) is 8.86. The number of anilines is 3. The molecule has 3 rings (SSSR count). The third-order valence-electron chi connectivity index (χ3n) is 3.79. The zero-order valence-corrected chi connectivity index (χ0v) is 15.9. The lowest BCUT2D eigenvalue weighted by molar-refractivity contribution is -0.154. The van der Waals surface area contributed by atoms with Crippen LogP contribution in [0.2, 0.25) is 0 Å².